The van der Waals surface area contributed by atoms with Gasteiger partial charge in [0, 0.05) is 4.47 Å². The normalized spacial score (nSPS) is 12.5. The van der Waals surface area contributed by atoms with Crippen molar-refractivity contribution in [2.75, 3.05) is 0 Å². The molecule has 0 aliphatic rings. The molecule has 0 aliphatic carbocycles. The van der Waals surface area contributed by atoms with Crippen LogP contribution in [-0.2, 0) is 0 Å². The molecule has 0 radical (unpaired) electrons. The van der Waals surface area contributed by atoms with Crippen LogP contribution in [0.2, 0.25) is 0 Å². The number of rotatable bonds is 2. The van der Waals surface area contributed by atoms with Crippen LogP contribution in [0.25, 0.3) is 10.8 Å². The van der Waals surface area contributed by atoms with Gasteiger partial charge in [-0.1, -0.05) is 76.6 Å². The second-order valence-electron chi connectivity index (χ2n) is 4.49. The van der Waals surface area contributed by atoms with Gasteiger partial charge < -0.3 is 5.11 Å². The monoisotopic (exact) mass is 312 g/mol. The van der Waals surface area contributed by atoms with E-state index in [2.05, 4.69) is 28.1 Å². The molecule has 19 heavy (non-hydrogen) atoms. The van der Waals surface area contributed by atoms with Crippen LogP contribution in [0.4, 0.5) is 0 Å². The summed E-state index contributed by atoms with van der Waals surface area (Å²) in [6.45, 7) is 0. The van der Waals surface area contributed by atoms with Crippen molar-refractivity contribution in [3.05, 3.63) is 82.3 Å². The SMILES string of the molecule is O[C@H](c1ccccc1Br)c1cccc2ccccc12. The second kappa shape index (κ2) is 5.16. The second-order valence-corrected chi connectivity index (χ2v) is 5.35. The van der Waals surface area contributed by atoms with E-state index >= 15 is 0 Å². The van der Waals surface area contributed by atoms with Gasteiger partial charge in [0.25, 0.3) is 0 Å². The lowest BCUT2D eigenvalue weighted by atomic mass is 9.96. The maximum absolute atomic E-state index is 10.6. The van der Waals surface area contributed by atoms with Gasteiger partial charge in [-0.05, 0) is 28.0 Å². The average Bonchev–Trinajstić information content (AvgIpc) is 2.46. The van der Waals surface area contributed by atoms with E-state index in [1.807, 2.05) is 54.6 Å². The standard InChI is InChI=1S/C17H13BrO/c18-16-11-4-3-9-15(16)17(19)14-10-5-7-12-6-1-2-8-13(12)14/h1-11,17,19H/t17-/m0/s1. The molecule has 0 heterocycles. The van der Waals surface area contributed by atoms with Crippen molar-refractivity contribution < 1.29 is 5.11 Å². The Labute approximate surface area is 120 Å². The van der Waals surface area contributed by atoms with Crippen LogP contribution < -0.4 is 0 Å². The van der Waals surface area contributed by atoms with Gasteiger partial charge in [0.05, 0.1) is 0 Å². The highest BCUT2D eigenvalue weighted by atomic mass is 79.9. The van der Waals surface area contributed by atoms with Gasteiger partial charge >= 0.3 is 0 Å². The Hall–Kier alpha value is -1.64. The highest BCUT2D eigenvalue weighted by molar-refractivity contribution is 9.10. The molecule has 3 aromatic rings. The maximum atomic E-state index is 10.6. The zero-order chi connectivity index (χ0) is 13.2. The largest absolute Gasteiger partial charge is 0.384 e. The zero-order valence-electron chi connectivity index (χ0n) is 10.3. The van der Waals surface area contributed by atoms with Gasteiger partial charge in [0.15, 0.2) is 0 Å². The number of fused-ring (bicyclic) bond motifs is 1. The summed E-state index contributed by atoms with van der Waals surface area (Å²) >= 11 is 3.50. The lowest BCUT2D eigenvalue weighted by molar-refractivity contribution is 0.221. The fourth-order valence-corrected chi connectivity index (χ4v) is 2.85. The Morgan fingerprint density at radius 3 is 2.21 bits per heavy atom. The van der Waals surface area contributed by atoms with Crippen LogP contribution in [0.1, 0.15) is 17.2 Å². The number of hydrogen-bond donors (Lipinski definition) is 1. The zero-order valence-corrected chi connectivity index (χ0v) is 11.8. The molecule has 0 fully saturated rings. The van der Waals surface area contributed by atoms with E-state index in [1.54, 1.807) is 0 Å². The summed E-state index contributed by atoms with van der Waals surface area (Å²) in [5.41, 5.74) is 1.82. The highest BCUT2D eigenvalue weighted by Crippen LogP contribution is 2.32. The number of benzene rings is 3. The van der Waals surface area contributed by atoms with Crippen molar-refractivity contribution in [2.45, 2.75) is 6.10 Å². The van der Waals surface area contributed by atoms with Crippen LogP contribution in [0.15, 0.2) is 71.2 Å². The van der Waals surface area contributed by atoms with Crippen molar-refractivity contribution >= 4 is 26.7 Å². The van der Waals surface area contributed by atoms with Crippen molar-refractivity contribution in [2.24, 2.45) is 0 Å². The minimum Gasteiger partial charge on any atom is -0.384 e. The third kappa shape index (κ3) is 2.29. The smallest absolute Gasteiger partial charge is 0.106 e. The van der Waals surface area contributed by atoms with E-state index in [0.717, 1.165) is 26.4 Å². The summed E-state index contributed by atoms with van der Waals surface area (Å²) in [6, 6.07) is 21.9. The molecule has 3 rings (SSSR count). The lowest BCUT2D eigenvalue weighted by Gasteiger charge is -2.15. The van der Waals surface area contributed by atoms with Crippen LogP contribution in [-0.4, -0.2) is 5.11 Å². The lowest BCUT2D eigenvalue weighted by Crippen LogP contribution is -2.01. The molecule has 0 bridgehead atoms. The summed E-state index contributed by atoms with van der Waals surface area (Å²) in [6.07, 6.45) is -0.623. The predicted octanol–water partition coefficient (Wildman–Crippen LogP) is 4.68. The molecule has 0 unspecified atom stereocenters. The van der Waals surface area contributed by atoms with Crippen molar-refractivity contribution in [1.82, 2.24) is 0 Å². The summed E-state index contributed by atoms with van der Waals surface area (Å²) < 4.78 is 0.926. The third-order valence-electron chi connectivity index (χ3n) is 3.32. The van der Waals surface area contributed by atoms with Gasteiger partial charge in [-0.25, -0.2) is 0 Å². The van der Waals surface area contributed by atoms with Crippen LogP contribution in [0.3, 0.4) is 0 Å². The van der Waals surface area contributed by atoms with Crippen molar-refractivity contribution in [1.29, 1.82) is 0 Å². The van der Waals surface area contributed by atoms with Gasteiger partial charge in [0.1, 0.15) is 6.10 Å². The first kappa shape index (κ1) is 12.4. The molecule has 1 atom stereocenters. The number of halogens is 1. The molecule has 0 spiro atoms. The van der Waals surface area contributed by atoms with Gasteiger partial charge in [-0.15, -0.1) is 0 Å². The van der Waals surface area contributed by atoms with E-state index in [4.69, 9.17) is 0 Å². The first-order valence-electron chi connectivity index (χ1n) is 6.17. The molecule has 1 N–H and O–H groups in total. The molecule has 94 valence electrons. The number of aliphatic hydroxyl groups excluding tert-OH is 1. The maximum Gasteiger partial charge on any atom is 0.106 e. The van der Waals surface area contributed by atoms with E-state index in [-0.39, 0.29) is 0 Å². The Bertz CT molecular complexity index is 716. The molecule has 2 heteroatoms. The minimum absolute atomic E-state index is 0.623. The first-order valence-corrected chi connectivity index (χ1v) is 6.97. The van der Waals surface area contributed by atoms with E-state index in [9.17, 15) is 5.11 Å². The molecule has 1 nitrogen and oxygen atoms in total. The van der Waals surface area contributed by atoms with Crippen LogP contribution in [0.5, 0.6) is 0 Å². The molecule has 0 aromatic heterocycles. The summed E-state index contributed by atoms with van der Waals surface area (Å²) in [5, 5.41) is 12.9. The molecular weight excluding hydrogens is 300 g/mol. The third-order valence-corrected chi connectivity index (χ3v) is 4.04. The first-order chi connectivity index (χ1) is 9.27. The Balaban J connectivity index is 2.17. The molecule has 0 saturated heterocycles. The molecule has 3 aromatic carbocycles. The molecular formula is C17H13BrO. The highest BCUT2D eigenvalue weighted by Gasteiger charge is 2.15. The minimum atomic E-state index is -0.623. The van der Waals surface area contributed by atoms with Crippen molar-refractivity contribution in [3.8, 4) is 0 Å². The van der Waals surface area contributed by atoms with Gasteiger partial charge in [-0.3, -0.25) is 0 Å². The van der Waals surface area contributed by atoms with Crippen LogP contribution >= 0.6 is 15.9 Å². The van der Waals surface area contributed by atoms with E-state index < -0.39 is 6.10 Å². The van der Waals surface area contributed by atoms with Gasteiger partial charge in [-0.2, -0.15) is 0 Å². The Morgan fingerprint density at radius 2 is 1.37 bits per heavy atom. The van der Waals surface area contributed by atoms with E-state index in [0.29, 0.717) is 0 Å². The predicted molar refractivity (Wildman–Crippen MR) is 82.2 cm³/mol. The number of aliphatic hydroxyl groups is 1. The topological polar surface area (TPSA) is 20.2 Å². The molecule has 0 aliphatic heterocycles. The Morgan fingerprint density at radius 1 is 0.737 bits per heavy atom. The summed E-state index contributed by atoms with van der Waals surface area (Å²) in [4.78, 5) is 0. The van der Waals surface area contributed by atoms with E-state index in [1.165, 1.54) is 0 Å². The summed E-state index contributed by atoms with van der Waals surface area (Å²) in [7, 11) is 0. The quantitative estimate of drug-likeness (QED) is 0.728. The van der Waals surface area contributed by atoms with Crippen molar-refractivity contribution in [3.63, 3.8) is 0 Å². The fraction of sp³-hybridized carbons (Fsp3) is 0.0588. The average molecular weight is 313 g/mol. The summed E-state index contributed by atoms with van der Waals surface area (Å²) in [5.74, 6) is 0. The van der Waals surface area contributed by atoms with Crippen LogP contribution in [0, 0.1) is 0 Å². The fourth-order valence-electron chi connectivity index (χ4n) is 2.35. The Kier molecular flexibility index (Phi) is 3.36. The van der Waals surface area contributed by atoms with Gasteiger partial charge in [0.2, 0.25) is 0 Å². The molecule has 0 amide bonds. The number of hydrogen-bond acceptors (Lipinski definition) is 1. The molecule has 0 saturated carbocycles.